The van der Waals surface area contributed by atoms with E-state index >= 15 is 0 Å². The monoisotopic (exact) mass is 579 g/mol. The van der Waals surface area contributed by atoms with Gasteiger partial charge < -0.3 is 25.8 Å². The topological polar surface area (TPSA) is 99.0 Å². The molecule has 12 heteroatoms. The van der Waals surface area contributed by atoms with Crippen LogP contribution in [0, 0.1) is 6.92 Å². The van der Waals surface area contributed by atoms with Gasteiger partial charge in [-0.3, -0.25) is 9.59 Å². The summed E-state index contributed by atoms with van der Waals surface area (Å²) in [5, 5.41) is 3.25. The van der Waals surface area contributed by atoms with Crippen LogP contribution in [0.1, 0.15) is 47.9 Å². The van der Waals surface area contributed by atoms with Crippen molar-refractivity contribution in [1.29, 1.82) is 0 Å². The number of nitrogens with one attached hydrogen (secondary N) is 1. The summed E-state index contributed by atoms with van der Waals surface area (Å²) >= 11 is 6.14. The summed E-state index contributed by atoms with van der Waals surface area (Å²) in [6.07, 6.45) is -3.45. The number of urea groups is 1. The molecule has 2 atom stereocenters. The third kappa shape index (κ3) is 6.87. The number of hydrogen-bond acceptors (Lipinski definition) is 4. The lowest BCUT2D eigenvalue weighted by Gasteiger charge is -2.52. The lowest BCUT2D eigenvalue weighted by Crippen LogP contribution is -2.71. The quantitative estimate of drug-likeness (QED) is 0.456. The molecule has 40 heavy (non-hydrogen) atoms. The number of hydrogen-bond donors (Lipinski definition) is 2. The zero-order valence-electron chi connectivity index (χ0n) is 22.2. The molecule has 2 aliphatic rings. The van der Waals surface area contributed by atoms with Crippen LogP contribution < -0.4 is 11.1 Å². The van der Waals surface area contributed by atoms with Crippen LogP contribution in [0.25, 0.3) is 0 Å². The van der Waals surface area contributed by atoms with E-state index in [2.05, 4.69) is 5.32 Å². The van der Waals surface area contributed by atoms with Gasteiger partial charge in [-0.05, 0) is 68.1 Å². The van der Waals surface area contributed by atoms with Crippen molar-refractivity contribution in [3.63, 3.8) is 0 Å². The molecule has 0 aliphatic carbocycles. The molecule has 0 bridgehead atoms. The minimum Gasteiger partial charge on any atom is -0.334 e. The fraction of sp³-hybridized carbons (Fsp3) is 0.464. The molecule has 2 saturated heterocycles. The zero-order chi connectivity index (χ0) is 29.0. The van der Waals surface area contributed by atoms with Crippen molar-refractivity contribution in [2.75, 3.05) is 19.6 Å². The van der Waals surface area contributed by atoms with Crippen molar-refractivity contribution >= 4 is 29.4 Å². The molecule has 0 radical (unpaired) electrons. The van der Waals surface area contributed by atoms with E-state index in [1.165, 1.54) is 9.80 Å². The van der Waals surface area contributed by atoms with Gasteiger partial charge in [-0.1, -0.05) is 35.4 Å². The van der Waals surface area contributed by atoms with Crippen molar-refractivity contribution in [3.05, 3.63) is 69.7 Å². The van der Waals surface area contributed by atoms with Gasteiger partial charge in [0.05, 0.1) is 12.1 Å². The van der Waals surface area contributed by atoms with Crippen molar-refractivity contribution in [2.45, 2.75) is 64.1 Å². The average Bonchev–Trinajstić information content (AvgIpc) is 2.89. The molecule has 2 aromatic carbocycles. The highest BCUT2D eigenvalue weighted by Crippen LogP contribution is 2.31. The zero-order valence-corrected chi connectivity index (χ0v) is 23.0. The highest BCUT2D eigenvalue weighted by atomic mass is 35.5. The van der Waals surface area contributed by atoms with Gasteiger partial charge >= 0.3 is 12.2 Å². The highest BCUT2D eigenvalue weighted by Gasteiger charge is 2.48. The van der Waals surface area contributed by atoms with Gasteiger partial charge in [-0.25, -0.2) is 4.79 Å². The van der Waals surface area contributed by atoms with Crippen LogP contribution in [0.3, 0.4) is 0 Å². The predicted octanol–water partition coefficient (Wildman–Crippen LogP) is 4.28. The fourth-order valence-electron chi connectivity index (χ4n) is 5.38. The van der Waals surface area contributed by atoms with Crippen LogP contribution in [-0.2, 0) is 28.9 Å². The van der Waals surface area contributed by atoms with Crippen LogP contribution in [0.15, 0.2) is 42.5 Å². The second-order valence-electron chi connectivity index (χ2n) is 10.2. The molecule has 0 spiro atoms. The minimum atomic E-state index is -4.50. The van der Waals surface area contributed by atoms with Crippen LogP contribution >= 0.6 is 11.6 Å². The van der Waals surface area contributed by atoms with E-state index in [1.54, 1.807) is 36.1 Å². The van der Waals surface area contributed by atoms with Gasteiger partial charge in [0.15, 0.2) is 0 Å². The van der Waals surface area contributed by atoms with Crippen LogP contribution in [-0.4, -0.2) is 64.4 Å². The largest absolute Gasteiger partial charge is 0.416 e. The Morgan fingerprint density at radius 3 is 2.60 bits per heavy atom. The first kappa shape index (κ1) is 29.7. The number of alkyl halides is 3. The summed E-state index contributed by atoms with van der Waals surface area (Å²) in [4.78, 5) is 44.7. The van der Waals surface area contributed by atoms with Gasteiger partial charge in [0.25, 0.3) is 0 Å². The van der Waals surface area contributed by atoms with Crippen molar-refractivity contribution in [3.8, 4) is 0 Å². The van der Waals surface area contributed by atoms with E-state index in [0.717, 1.165) is 17.7 Å². The Hall–Kier alpha value is -3.31. The molecule has 4 rings (SSSR count). The number of aryl methyl sites for hydroxylation is 1. The maximum atomic E-state index is 13.6. The molecule has 216 valence electrons. The van der Waals surface area contributed by atoms with Crippen molar-refractivity contribution in [2.24, 2.45) is 5.73 Å². The van der Waals surface area contributed by atoms with Gasteiger partial charge in [-0.15, -0.1) is 0 Å². The molecule has 0 saturated carbocycles. The summed E-state index contributed by atoms with van der Waals surface area (Å²) < 4.78 is 39.8. The van der Waals surface area contributed by atoms with Gasteiger partial charge in [0, 0.05) is 31.1 Å². The number of piperazine rings is 1. The first-order chi connectivity index (χ1) is 19.0. The number of halogens is 4. The molecule has 2 aromatic rings. The number of fused-ring (bicyclic) bond motifs is 1. The van der Waals surface area contributed by atoms with Crippen LogP contribution in [0.4, 0.5) is 18.0 Å². The second kappa shape index (κ2) is 12.5. The smallest absolute Gasteiger partial charge is 0.334 e. The van der Waals surface area contributed by atoms with Crippen LogP contribution in [0.2, 0.25) is 5.02 Å². The minimum absolute atomic E-state index is 0.0432. The number of benzene rings is 2. The number of carbonyl (C=O) groups excluding carboxylic acids is 3. The highest BCUT2D eigenvalue weighted by molar-refractivity contribution is 6.30. The van der Waals surface area contributed by atoms with E-state index in [4.69, 9.17) is 17.3 Å². The van der Waals surface area contributed by atoms with E-state index in [9.17, 15) is 27.6 Å². The normalized spacial score (nSPS) is 19.6. The van der Waals surface area contributed by atoms with Crippen molar-refractivity contribution < 1.29 is 27.6 Å². The maximum Gasteiger partial charge on any atom is 0.416 e. The number of rotatable bonds is 8. The summed E-state index contributed by atoms with van der Waals surface area (Å²) in [5.41, 5.74) is 6.42. The Balaban J connectivity index is 1.56. The predicted molar refractivity (Wildman–Crippen MR) is 144 cm³/mol. The van der Waals surface area contributed by atoms with Crippen LogP contribution in [0.5, 0.6) is 0 Å². The molecule has 4 amide bonds. The number of nitrogens with two attached hydrogens (primary N) is 1. The molecule has 2 heterocycles. The first-order valence-corrected chi connectivity index (χ1v) is 13.6. The van der Waals surface area contributed by atoms with Gasteiger partial charge in [-0.2, -0.15) is 13.2 Å². The summed E-state index contributed by atoms with van der Waals surface area (Å²) in [6, 6.07) is 9.52. The second-order valence-corrected chi connectivity index (χ2v) is 10.7. The molecule has 2 fully saturated rings. The molecule has 8 nitrogen and oxygen atoms in total. The summed E-state index contributed by atoms with van der Waals surface area (Å²) in [7, 11) is 0. The van der Waals surface area contributed by atoms with Gasteiger partial charge in [0.2, 0.25) is 11.8 Å². The van der Waals surface area contributed by atoms with Crippen molar-refractivity contribution in [1.82, 2.24) is 20.0 Å². The molecular formula is C28H33ClF3N5O3. The first-order valence-electron chi connectivity index (χ1n) is 13.2. The van der Waals surface area contributed by atoms with Gasteiger partial charge in [0.1, 0.15) is 12.2 Å². The Labute approximate surface area is 236 Å². The molecule has 0 aromatic heterocycles. The number of unbranched alkanes of at least 4 members (excludes halogenated alkanes) is 1. The number of amides is 4. The lowest BCUT2D eigenvalue weighted by molar-refractivity contribution is -0.167. The molecule has 2 aliphatic heterocycles. The maximum absolute atomic E-state index is 13.6. The lowest BCUT2D eigenvalue weighted by atomic mass is 9.98. The average molecular weight is 580 g/mol. The van der Waals surface area contributed by atoms with E-state index < -0.39 is 30.0 Å². The summed E-state index contributed by atoms with van der Waals surface area (Å²) in [6.45, 7) is 2.37. The summed E-state index contributed by atoms with van der Waals surface area (Å²) in [5.74, 6) is -0.417. The molecular weight excluding hydrogens is 547 g/mol. The Kier molecular flexibility index (Phi) is 9.25. The Morgan fingerprint density at radius 1 is 1.12 bits per heavy atom. The fourth-order valence-corrected chi connectivity index (χ4v) is 5.60. The molecule has 0 unspecified atom stereocenters. The Morgan fingerprint density at radius 2 is 1.90 bits per heavy atom. The van der Waals surface area contributed by atoms with E-state index in [0.29, 0.717) is 42.0 Å². The van der Waals surface area contributed by atoms with E-state index in [-0.39, 0.29) is 44.4 Å². The third-order valence-electron chi connectivity index (χ3n) is 7.21. The Bertz CT molecular complexity index is 1260. The SMILES string of the molecule is Cc1cc(CNC(=O)N2CCC(=O)N3[C@@H]2CN(Cc2cccc(Cl)c2)C(=O)[C@@H]3CCCCN)cc(C(F)(F)F)c1. The van der Waals surface area contributed by atoms with E-state index in [1.807, 2.05) is 6.07 Å². The number of nitrogens with zero attached hydrogens (tertiary/aromatic N) is 3. The molecule has 3 N–H and O–H groups in total. The number of carbonyl (C=O) groups is 3. The standard InChI is InChI=1S/C28H33ClF3N5O3/c1-18-11-20(13-21(12-18)28(30,31)32)15-34-27(40)36-10-8-25(38)37-23(7-2-3-9-33)26(39)35(17-24(36)37)16-19-5-4-6-22(29)14-19/h4-6,11-14,23-24H,2-3,7-10,15-17,33H2,1H3,(H,34,40)/t23-,24+/m0/s1. The third-order valence-corrected chi connectivity index (χ3v) is 7.45.